The number of fused-ring (bicyclic) bond motifs is 1. The van der Waals surface area contributed by atoms with Gasteiger partial charge in [0.2, 0.25) is 0 Å². The summed E-state index contributed by atoms with van der Waals surface area (Å²) < 4.78 is 0. The summed E-state index contributed by atoms with van der Waals surface area (Å²) in [5, 5.41) is 0.722. The molecule has 0 amide bonds. The number of halogens is 1. The molecular formula is C22H21ClN4O. The van der Waals surface area contributed by atoms with Crippen LogP contribution in [0, 0.1) is 0 Å². The molecule has 3 heterocycles. The fraction of sp³-hybridized carbons (Fsp3) is 0.318. The van der Waals surface area contributed by atoms with Gasteiger partial charge in [0.05, 0.1) is 17.0 Å². The summed E-state index contributed by atoms with van der Waals surface area (Å²) in [5.41, 5.74) is 4.96. The SMILES string of the molecule is O=c1[nH]c(C2CC2)nc2c1CN(Cc1ccc(-c3ccc(Cl)cc3)nc1)CC2. The van der Waals surface area contributed by atoms with Gasteiger partial charge in [0.1, 0.15) is 5.82 Å². The normalized spacial score (nSPS) is 16.8. The number of hydrogen-bond acceptors (Lipinski definition) is 4. The number of H-pyrrole nitrogens is 1. The lowest BCUT2D eigenvalue weighted by molar-refractivity contribution is 0.241. The highest BCUT2D eigenvalue weighted by Crippen LogP contribution is 2.37. The number of aromatic amines is 1. The first-order valence-corrected chi connectivity index (χ1v) is 10.1. The number of nitrogens with one attached hydrogen (secondary N) is 1. The van der Waals surface area contributed by atoms with Crippen molar-refractivity contribution in [3.8, 4) is 11.3 Å². The largest absolute Gasteiger partial charge is 0.310 e. The van der Waals surface area contributed by atoms with Crippen LogP contribution in [0.1, 0.15) is 41.4 Å². The van der Waals surface area contributed by atoms with Crippen LogP contribution in [0.4, 0.5) is 0 Å². The Kier molecular flexibility index (Phi) is 4.49. The quantitative estimate of drug-likeness (QED) is 0.731. The molecule has 2 aliphatic rings. The molecule has 1 aliphatic carbocycles. The number of nitrogens with zero attached hydrogens (tertiary/aromatic N) is 3. The third-order valence-corrected chi connectivity index (χ3v) is 5.75. The average molecular weight is 393 g/mol. The topological polar surface area (TPSA) is 61.9 Å². The van der Waals surface area contributed by atoms with E-state index in [0.29, 0.717) is 12.5 Å². The van der Waals surface area contributed by atoms with Crippen LogP contribution in [-0.2, 0) is 19.5 Å². The molecule has 5 nitrogen and oxygen atoms in total. The van der Waals surface area contributed by atoms with Gasteiger partial charge in [-0.05, 0) is 36.6 Å². The maximum atomic E-state index is 12.5. The molecule has 0 spiro atoms. The van der Waals surface area contributed by atoms with E-state index >= 15 is 0 Å². The molecule has 0 radical (unpaired) electrons. The molecule has 1 aromatic carbocycles. The van der Waals surface area contributed by atoms with Gasteiger partial charge in [0, 0.05) is 48.8 Å². The summed E-state index contributed by atoms with van der Waals surface area (Å²) in [7, 11) is 0. The fourth-order valence-corrected chi connectivity index (χ4v) is 3.88. The zero-order chi connectivity index (χ0) is 19.1. The molecule has 1 aliphatic heterocycles. The molecule has 0 saturated heterocycles. The van der Waals surface area contributed by atoms with Crippen LogP contribution in [0.5, 0.6) is 0 Å². The summed E-state index contributed by atoms with van der Waals surface area (Å²) in [5.74, 6) is 1.36. The van der Waals surface area contributed by atoms with Crippen LogP contribution in [-0.4, -0.2) is 26.4 Å². The second-order valence-corrected chi connectivity index (χ2v) is 8.11. The van der Waals surface area contributed by atoms with E-state index in [-0.39, 0.29) is 5.56 Å². The molecule has 5 rings (SSSR count). The number of benzene rings is 1. The van der Waals surface area contributed by atoms with Crippen molar-refractivity contribution in [3.05, 3.63) is 80.6 Å². The lowest BCUT2D eigenvalue weighted by Gasteiger charge is -2.27. The molecule has 1 fully saturated rings. The Labute approximate surface area is 168 Å². The molecule has 1 saturated carbocycles. The second-order valence-electron chi connectivity index (χ2n) is 7.67. The first-order chi connectivity index (χ1) is 13.7. The first kappa shape index (κ1) is 17.6. The zero-order valence-corrected chi connectivity index (χ0v) is 16.2. The zero-order valence-electron chi connectivity index (χ0n) is 15.5. The summed E-state index contributed by atoms with van der Waals surface area (Å²) in [6.07, 6.45) is 5.03. The third kappa shape index (κ3) is 3.60. The smallest absolute Gasteiger partial charge is 0.255 e. The minimum absolute atomic E-state index is 0.0350. The molecule has 0 bridgehead atoms. The van der Waals surface area contributed by atoms with Crippen molar-refractivity contribution in [1.29, 1.82) is 0 Å². The number of aromatic nitrogens is 3. The van der Waals surface area contributed by atoms with Gasteiger partial charge in [-0.1, -0.05) is 29.8 Å². The lowest BCUT2D eigenvalue weighted by Crippen LogP contribution is -2.35. The Hall–Kier alpha value is -2.50. The third-order valence-electron chi connectivity index (χ3n) is 5.50. The highest BCUT2D eigenvalue weighted by atomic mass is 35.5. The van der Waals surface area contributed by atoms with Crippen LogP contribution < -0.4 is 5.56 Å². The van der Waals surface area contributed by atoms with Gasteiger partial charge in [-0.2, -0.15) is 0 Å². The van der Waals surface area contributed by atoms with Crippen molar-refractivity contribution in [2.45, 2.75) is 38.3 Å². The molecule has 2 aromatic heterocycles. The average Bonchev–Trinajstić information content (AvgIpc) is 3.55. The molecule has 6 heteroatoms. The first-order valence-electron chi connectivity index (χ1n) is 9.71. The van der Waals surface area contributed by atoms with Crippen LogP contribution in [0.2, 0.25) is 5.02 Å². The molecule has 3 aromatic rings. The van der Waals surface area contributed by atoms with Crippen LogP contribution in [0.15, 0.2) is 47.4 Å². The molecule has 142 valence electrons. The maximum absolute atomic E-state index is 12.5. The van der Waals surface area contributed by atoms with E-state index in [1.165, 1.54) is 0 Å². The minimum atomic E-state index is 0.0350. The van der Waals surface area contributed by atoms with Gasteiger partial charge in [-0.25, -0.2) is 4.98 Å². The Morgan fingerprint density at radius 3 is 2.68 bits per heavy atom. The van der Waals surface area contributed by atoms with Crippen molar-refractivity contribution in [3.63, 3.8) is 0 Å². The second kappa shape index (κ2) is 7.15. The van der Waals surface area contributed by atoms with E-state index in [1.807, 2.05) is 36.5 Å². The minimum Gasteiger partial charge on any atom is -0.310 e. The summed E-state index contributed by atoms with van der Waals surface area (Å²) >= 11 is 5.95. The Morgan fingerprint density at radius 1 is 1.14 bits per heavy atom. The van der Waals surface area contributed by atoms with E-state index in [9.17, 15) is 4.79 Å². The van der Waals surface area contributed by atoms with E-state index in [2.05, 4.69) is 20.9 Å². The number of pyridine rings is 1. The van der Waals surface area contributed by atoms with E-state index in [0.717, 1.165) is 71.3 Å². The Bertz CT molecular complexity index is 1060. The molecule has 1 N–H and O–H groups in total. The number of hydrogen-bond donors (Lipinski definition) is 1. The highest BCUT2D eigenvalue weighted by Gasteiger charge is 2.29. The van der Waals surface area contributed by atoms with E-state index in [4.69, 9.17) is 16.6 Å². The van der Waals surface area contributed by atoms with Gasteiger partial charge >= 0.3 is 0 Å². The summed E-state index contributed by atoms with van der Waals surface area (Å²) in [6.45, 7) is 2.32. The van der Waals surface area contributed by atoms with Gasteiger partial charge < -0.3 is 4.98 Å². The van der Waals surface area contributed by atoms with Gasteiger partial charge in [-0.15, -0.1) is 0 Å². The highest BCUT2D eigenvalue weighted by molar-refractivity contribution is 6.30. The fourth-order valence-electron chi connectivity index (χ4n) is 3.75. The molecule has 0 atom stereocenters. The summed E-state index contributed by atoms with van der Waals surface area (Å²) in [6, 6.07) is 11.8. The van der Waals surface area contributed by atoms with Crippen LogP contribution in [0.3, 0.4) is 0 Å². The van der Waals surface area contributed by atoms with Crippen molar-refractivity contribution < 1.29 is 0 Å². The van der Waals surface area contributed by atoms with Gasteiger partial charge in [0.15, 0.2) is 0 Å². The van der Waals surface area contributed by atoms with Gasteiger partial charge in [0.25, 0.3) is 5.56 Å². The molecule has 28 heavy (non-hydrogen) atoms. The van der Waals surface area contributed by atoms with Gasteiger partial charge in [-0.3, -0.25) is 14.7 Å². The standard InChI is InChI=1S/C22H21ClN4O/c23-17-6-4-15(5-7-17)19-8-1-14(11-24-19)12-27-10-9-20-18(13-27)22(28)26-21(25-20)16-2-3-16/h1,4-8,11,16H,2-3,9-10,12-13H2,(H,25,26,28). The van der Waals surface area contributed by atoms with E-state index < -0.39 is 0 Å². The Balaban J connectivity index is 1.29. The van der Waals surface area contributed by atoms with E-state index in [1.54, 1.807) is 0 Å². The monoisotopic (exact) mass is 392 g/mol. The maximum Gasteiger partial charge on any atom is 0.255 e. The van der Waals surface area contributed by atoms with Crippen molar-refractivity contribution in [2.75, 3.05) is 6.54 Å². The molecule has 0 unspecified atom stereocenters. The molecular weight excluding hydrogens is 372 g/mol. The predicted octanol–water partition coefficient (Wildman–Crippen LogP) is 3.92. The lowest BCUT2D eigenvalue weighted by atomic mass is 10.1. The number of rotatable bonds is 4. The predicted molar refractivity (Wildman–Crippen MR) is 109 cm³/mol. The Morgan fingerprint density at radius 2 is 1.96 bits per heavy atom. The van der Waals surface area contributed by atoms with Crippen molar-refractivity contribution >= 4 is 11.6 Å². The van der Waals surface area contributed by atoms with Crippen LogP contribution >= 0.6 is 11.6 Å². The van der Waals surface area contributed by atoms with Crippen molar-refractivity contribution in [2.24, 2.45) is 0 Å². The summed E-state index contributed by atoms with van der Waals surface area (Å²) in [4.78, 5) is 27.1. The van der Waals surface area contributed by atoms with Crippen LogP contribution in [0.25, 0.3) is 11.3 Å². The van der Waals surface area contributed by atoms with Crippen molar-refractivity contribution in [1.82, 2.24) is 19.9 Å².